The van der Waals surface area contributed by atoms with Crippen molar-refractivity contribution in [2.24, 2.45) is 0 Å². The summed E-state index contributed by atoms with van der Waals surface area (Å²) in [6.45, 7) is 0. The number of nitrogens with zero attached hydrogens (tertiary/aromatic N) is 2. The number of amides is 1. The maximum atomic E-state index is 12.0. The van der Waals surface area contributed by atoms with Crippen LogP contribution in [0.4, 0.5) is 16.6 Å². The lowest BCUT2D eigenvalue weighted by molar-refractivity contribution is 0.103. The molecule has 100 valence electrons. The largest absolute Gasteiger partial charge is 0.481 e. The molecule has 0 aromatic carbocycles. The quantitative estimate of drug-likeness (QED) is 0.782. The summed E-state index contributed by atoms with van der Waals surface area (Å²) in [6, 6.07) is 3.35. The van der Waals surface area contributed by atoms with E-state index in [0.29, 0.717) is 21.6 Å². The van der Waals surface area contributed by atoms with Gasteiger partial charge in [-0.25, -0.2) is 9.97 Å². The Morgan fingerprint density at radius 1 is 1.47 bits per heavy atom. The van der Waals surface area contributed by atoms with E-state index in [4.69, 9.17) is 10.5 Å². The van der Waals surface area contributed by atoms with Crippen molar-refractivity contribution in [3.63, 3.8) is 0 Å². The molecule has 1 amide bonds. The third-order valence-electron chi connectivity index (χ3n) is 2.28. The fourth-order valence-electron chi connectivity index (χ4n) is 1.36. The second kappa shape index (κ2) is 5.53. The van der Waals surface area contributed by atoms with E-state index in [1.165, 1.54) is 24.6 Å². The molecule has 0 aliphatic carbocycles. The highest BCUT2D eigenvalue weighted by Crippen LogP contribution is 2.25. The number of hydrogen-bond acceptors (Lipinski definition) is 7. The zero-order valence-electron chi connectivity index (χ0n) is 10.4. The third-order valence-corrected chi connectivity index (χ3v) is 3.36. The molecule has 0 saturated heterocycles. The standard InChI is InChI=1S/C11H13N5O2S/c1-13-11-16-9(12)8(19-11)10(17)15-6-3-4-7(18-2)14-5-6/h3-5H,12H2,1-2H3,(H,13,16)(H,15,17). The van der Waals surface area contributed by atoms with Crippen molar-refractivity contribution in [2.45, 2.75) is 0 Å². The van der Waals surface area contributed by atoms with Gasteiger partial charge in [0.1, 0.15) is 10.7 Å². The van der Waals surface area contributed by atoms with Crippen LogP contribution < -0.4 is 21.1 Å². The molecule has 2 aromatic rings. The molecule has 4 N–H and O–H groups in total. The zero-order chi connectivity index (χ0) is 13.8. The summed E-state index contributed by atoms with van der Waals surface area (Å²) in [5.74, 6) is 0.365. The molecule has 0 aliphatic rings. The molecular formula is C11H13N5O2S. The number of nitrogens with two attached hydrogens (primary N) is 1. The van der Waals surface area contributed by atoms with Crippen LogP contribution in [0.3, 0.4) is 0 Å². The van der Waals surface area contributed by atoms with E-state index in [-0.39, 0.29) is 11.7 Å². The van der Waals surface area contributed by atoms with Crippen LogP contribution in [0.2, 0.25) is 0 Å². The fraction of sp³-hybridized carbons (Fsp3) is 0.182. The average molecular weight is 279 g/mol. The van der Waals surface area contributed by atoms with Crippen molar-refractivity contribution in [2.75, 3.05) is 30.5 Å². The average Bonchev–Trinajstić information content (AvgIpc) is 2.81. The summed E-state index contributed by atoms with van der Waals surface area (Å²) in [5, 5.41) is 6.13. The lowest BCUT2D eigenvalue weighted by Crippen LogP contribution is -2.12. The molecule has 8 heteroatoms. The molecule has 0 radical (unpaired) electrons. The van der Waals surface area contributed by atoms with Crippen molar-refractivity contribution < 1.29 is 9.53 Å². The molecule has 7 nitrogen and oxygen atoms in total. The first-order valence-corrected chi connectivity index (χ1v) is 6.21. The van der Waals surface area contributed by atoms with Crippen LogP contribution in [-0.2, 0) is 0 Å². The number of rotatable bonds is 4. The third kappa shape index (κ3) is 2.91. The van der Waals surface area contributed by atoms with E-state index in [1.54, 1.807) is 19.2 Å². The maximum absolute atomic E-state index is 12.0. The van der Waals surface area contributed by atoms with Gasteiger partial charge in [-0.05, 0) is 6.07 Å². The van der Waals surface area contributed by atoms with Crippen molar-refractivity contribution in [1.82, 2.24) is 9.97 Å². The molecule has 2 heterocycles. The van der Waals surface area contributed by atoms with Gasteiger partial charge in [0.25, 0.3) is 5.91 Å². The Bertz CT molecular complexity index is 581. The molecule has 0 aliphatic heterocycles. The van der Waals surface area contributed by atoms with Gasteiger partial charge in [0, 0.05) is 13.1 Å². The minimum atomic E-state index is -0.316. The lowest BCUT2D eigenvalue weighted by Gasteiger charge is -2.04. The Kier molecular flexibility index (Phi) is 3.81. The molecule has 19 heavy (non-hydrogen) atoms. The van der Waals surface area contributed by atoms with Crippen LogP contribution in [0, 0.1) is 0 Å². The number of hydrogen-bond donors (Lipinski definition) is 3. The SMILES string of the molecule is CNc1nc(N)c(C(=O)Nc2ccc(OC)nc2)s1. The van der Waals surface area contributed by atoms with Crippen LogP contribution in [0.15, 0.2) is 18.3 Å². The number of nitrogens with one attached hydrogen (secondary N) is 2. The van der Waals surface area contributed by atoms with Gasteiger partial charge in [-0.2, -0.15) is 0 Å². The summed E-state index contributed by atoms with van der Waals surface area (Å²) < 4.78 is 4.94. The molecule has 0 unspecified atom stereocenters. The number of thiazole rings is 1. The van der Waals surface area contributed by atoms with E-state index >= 15 is 0 Å². The number of methoxy groups -OCH3 is 1. The van der Waals surface area contributed by atoms with Crippen LogP contribution in [0.25, 0.3) is 0 Å². The lowest BCUT2D eigenvalue weighted by atomic mass is 10.4. The van der Waals surface area contributed by atoms with E-state index in [2.05, 4.69) is 20.6 Å². The van der Waals surface area contributed by atoms with Gasteiger partial charge in [0.05, 0.1) is 19.0 Å². The molecule has 0 atom stereocenters. The van der Waals surface area contributed by atoms with E-state index in [9.17, 15) is 4.79 Å². The van der Waals surface area contributed by atoms with Gasteiger partial charge in [0.2, 0.25) is 5.88 Å². The molecule has 2 rings (SSSR count). The van der Waals surface area contributed by atoms with Crippen molar-refractivity contribution in [3.8, 4) is 5.88 Å². The van der Waals surface area contributed by atoms with Gasteiger partial charge in [-0.3, -0.25) is 4.79 Å². The Morgan fingerprint density at radius 2 is 2.26 bits per heavy atom. The van der Waals surface area contributed by atoms with Crippen LogP contribution >= 0.6 is 11.3 Å². The highest BCUT2D eigenvalue weighted by Gasteiger charge is 2.15. The van der Waals surface area contributed by atoms with Gasteiger partial charge < -0.3 is 21.1 Å². The highest BCUT2D eigenvalue weighted by atomic mass is 32.1. The van der Waals surface area contributed by atoms with E-state index in [1.807, 2.05) is 0 Å². The van der Waals surface area contributed by atoms with E-state index in [0.717, 1.165) is 0 Å². The van der Waals surface area contributed by atoms with Crippen LogP contribution in [0.5, 0.6) is 5.88 Å². The Morgan fingerprint density at radius 3 is 2.79 bits per heavy atom. The fourth-order valence-corrected chi connectivity index (χ4v) is 2.10. The maximum Gasteiger partial charge on any atom is 0.269 e. The first kappa shape index (κ1) is 13.1. The molecule has 0 saturated carbocycles. The monoisotopic (exact) mass is 279 g/mol. The summed E-state index contributed by atoms with van der Waals surface area (Å²) in [7, 11) is 3.24. The number of nitrogen functional groups attached to an aromatic ring is 1. The summed E-state index contributed by atoms with van der Waals surface area (Å²) >= 11 is 1.19. The number of anilines is 3. The van der Waals surface area contributed by atoms with Crippen LogP contribution in [0.1, 0.15) is 9.67 Å². The van der Waals surface area contributed by atoms with Crippen LogP contribution in [-0.4, -0.2) is 30.0 Å². The van der Waals surface area contributed by atoms with Gasteiger partial charge in [0.15, 0.2) is 5.13 Å². The van der Waals surface area contributed by atoms with Gasteiger partial charge in [-0.1, -0.05) is 11.3 Å². The molecule has 2 aromatic heterocycles. The van der Waals surface area contributed by atoms with Crippen molar-refractivity contribution in [1.29, 1.82) is 0 Å². The first-order valence-electron chi connectivity index (χ1n) is 5.39. The minimum Gasteiger partial charge on any atom is -0.481 e. The summed E-state index contributed by atoms with van der Waals surface area (Å²) in [5.41, 5.74) is 6.24. The molecule has 0 fully saturated rings. The smallest absolute Gasteiger partial charge is 0.269 e. The second-order valence-corrected chi connectivity index (χ2v) is 4.53. The topological polar surface area (TPSA) is 102 Å². The predicted molar refractivity (Wildman–Crippen MR) is 74.8 cm³/mol. The number of carbonyl (C=O) groups excluding carboxylic acids is 1. The molecule has 0 bridgehead atoms. The highest BCUT2D eigenvalue weighted by molar-refractivity contribution is 7.18. The normalized spacial score (nSPS) is 10.0. The van der Waals surface area contributed by atoms with Gasteiger partial charge in [-0.15, -0.1) is 0 Å². The van der Waals surface area contributed by atoms with E-state index < -0.39 is 0 Å². The Hall–Kier alpha value is -2.35. The number of pyridine rings is 1. The summed E-state index contributed by atoms with van der Waals surface area (Å²) in [4.78, 5) is 20.4. The number of ether oxygens (including phenoxy) is 1. The predicted octanol–water partition coefficient (Wildman–Crippen LogP) is 1.42. The Labute approximate surface area is 113 Å². The summed E-state index contributed by atoms with van der Waals surface area (Å²) in [6.07, 6.45) is 1.51. The minimum absolute atomic E-state index is 0.202. The number of carbonyl (C=O) groups is 1. The van der Waals surface area contributed by atoms with Crippen molar-refractivity contribution in [3.05, 3.63) is 23.2 Å². The molecular weight excluding hydrogens is 266 g/mol. The van der Waals surface area contributed by atoms with Crippen molar-refractivity contribution >= 4 is 33.9 Å². The Balaban J connectivity index is 2.13. The molecule has 0 spiro atoms. The number of aromatic nitrogens is 2. The van der Waals surface area contributed by atoms with Gasteiger partial charge >= 0.3 is 0 Å². The first-order chi connectivity index (χ1) is 9.13. The zero-order valence-corrected chi connectivity index (χ0v) is 11.2. The second-order valence-electron chi connectivity index (χ2n) is 3.53.